The second-order valence-corrected chi connectivity index (χ2v) is 5.22. The third-order valence-corrected chi connectivity index (χ3v) is 3.56. The molecule has 2 rings (SSSR count). The minimum Gasteiger partial charge on any atom is -0.484 e. The van der Waals surface area contributed by atoms with Crippen LogP contribution in [0.15, 0.2) is 48.5 Å². The minimum atomic E-state index is -0.337. The summed E-state index contributed by atoms with van der Waals surface area (Å²) in [6, 6.07) is 13.4. The van der Waals surface area contributed by atoms with Crippen LogP contribution in [0.25, 0.3) is 0 Å². The van der Waals surface area contributed by atoms with Gasteiger partial charge in [0.15, 0.2) is 6.61 Å². The zero-order chi connectivity index (χ0) is 15.9. The maximum Gasteiger partial charge on any atom is 0.262 e. The van der Waals surface area contributed by atoms with Gasteiger partial charge in [-0.05, 0) is 54.3 Å². The third-order valence-electron chi connectivity index (χ3n) is 3.56. The van der Waals surface area contributed by atoms with Gasteiger partial charge in [-0.1, -0.05) is 26.0 Å². The third kappa shape index (κ3) is 4.58. The SMILES string of the molecule is CCC(C)c1ccc(OCC(=O)Nc2ccc(F)cc2)cc1. The minimum absolute atomic E-state index is 0.0833. The Bertz CT molecular complexity index is 608. The molecule has 0 radical (unpaired) electrons. The van der Waals surface area contributed by atoms with Crippen LogP contribution < -0.4 is 10.1 Å². The van der Waals surface area contributed by atoms with E-state index in [1.165, 1.54) is 29.8 Å². The summed E-state index contributed by atoms with van der Waals surface area (Å²) in [5, 5.41) is 2.65. The van der Waals surface area contributed by atoms with Crippen molar-refractivity contribution in [1.29, 1.82) is 0 Å². The van der Waals surface area contributed by atoms with Gasteiger partial charge in [-0.2, -0.15) is 0 Å². The van der Waals surface area contributed by atoms with E-state index in [2.05, 4.69) is 19.2 Å². The van der Waals surface area contributed by atoms with E-state index in [4.69, 9.17) is 4.74 Å². The Balaban J connectivity index is 1.84. The maximum atomic E-state index is 12.8. The summed E-state index contributed by atoms with van der Waals surface area (Å²) in [5.41, 5.74) is 1.80. The first-order valence-electron chi connectivity index (χ1n) is 7.36. The summed E-state index contributed by atoms with van der Waals surface area (Å²) >= 11 is 0. The molecule has 1 atom stereocenters. The maximum absolute atomic E-state index is 12.8. The van der Waals surface area contributed by atoms with Crippen LogP contribution in [0.3, 0.4) is 0 Å². The summed E-state index contributed by atoms with van der Waals surface area (Å²) in [4.78, 5) is 11.8. The molecule has 0 spiro atoms. The number of carbonyl (C=O) groups excluding carboxylic acids is 1. The summed E-state index contributed by atoms with van der Waals surface area (Å²) in [7, 11) is 0. The molecule has 0 aliphatic carbocycles. The van der Waals surface area contributed by atoms with Gasteiger partial charge in [-0.25, -0.2) is 4.39 Å². The molecule has 0 bridgehead atoms. The Labute approximate surface area is 130 Å². The van der Waals surface area contributed by atoms with Crippen molar-refractivity contribution in [2.75, 3.05) is 11.9 Å². The smallest absolute Gasteiger partial charge is 0.262 e. The van der Waals surface area contributed by atoms with Crippen molar-refractivity contribution in [3.05, 3.63) is 59.9 Å². The first-order valence-corrected chi connectivity index (χ1v) is 7.36. The second-order valence-electron chi connectivity index (χ2n) is 5.22. The Morgan fingerprint density at radius 1 is 1.14 bits per heavy atom. The molecule has 0 aliphatic rings. The number of rotatable bonds is 6. The number of amides is 1. The van der Waals surface area contributed by atoms with Gasteiger partial charge in [0.2, 0.25) is 0 Å². The van der Waals surface area contributed by atoms with Crippen LogP contribution in [0.2, 0.25) is 0 Å². The van der Waals surface area contributed by atoms with Crippen molar-refractivity contribution in [2.45, 2.75) is 26.2 Å². The highest BCUT2D eigenvalue weighted by Crippen LogP contribution is 2.21. The summed E-state index contributed by atoms with van der Waals surface area (Å²) in [6.45, 7) is 4.24. The van der Waals surface area contributed by atoms with Gasteiger partial charge in [0.05, 0.1) is 0 Å². The molecule has 0 aromatic heterocycles. The first-order chi connectivity index (χ1) is 10.6. The van der Waals surface area contributed by atoms with Gasteiger partial charge in [0.25, 0.3) is 5.91 Å². The van der Waals surface area contributed by atoms with E-state index in [1.54, 1.807) is 0 Å². The lowest BCUT2D eigenvalue weighted by Gasteiger charge is -2.11. The predicted molar refractivity (Wildman–Crippen MR) is 85.7 cm³/mol. The largest absolute Gasteiger partial charge is 0.484 e. The molecule has 2 aromatic carbocycles. The molecular weight excluding hydrogens is 281 g/mol. The van der Waals surface area contributed by atoms with Gasteiger partial charge < -0.3 is 10.1 Å². The topological polar surface area (TPSA) is 38.3 Å². The fraction of sp³-hybridized carbons (Fsp3) is 0.278. The van der Waals surface area contributed by atoms with Crippen molar-refractivity contribution >= 4 is 11.6 Å². The van der Waals surface area contributed by atoms with E-state index < -0.39 is 0 Å². The number of ether oxygens (including phenoxy) is 1. The molecule has 3 nitrogen and oxygen atoms in total. The van der Waals surface area contributed by atoms with Crippen LogP contribution >= 0.6 is 0 Å². The van der Waals surface area contributed by atoms with Gasteiger partial charge in [-0.15, -0.1) is 0 Å². The van der Waals surface area contributed by atoms with Crippen LogP contribution in [0.1, 0.15) is 31.7 Å². The molecule has 0 saturated heterocycles. The van der Waals surface area contributed by atoms with Crippen LogP contribution in [0.5, 0.6) is 5.75 Å². The highest BCUT2D eigenvalue weighted by atomic mass is 19.1. The quantitative estimate of drug-likeness (QED) is 0.861. The Kier molecular flexibility index (Phi) is 5.53. The van der Waals surface area contributed by atoms with Crippen molar-refractivity contribution < 1.29 is 13.9 Å². The van der Waals surface area contributed by atoms with Crippen LogP contribution in [-0.4, -0.2) is 12.5 Å². The molecule has 1 amide bonds. The van der Waals surface area contributed by atoms with Gasteiger partial charge in [0, 0.05) is 5.69 Å². The molecule has 0 saturated carbocycles. The van der Waals surface area contributed by atoms with Crippen LogP contribution in [0.4, 0.5) is 10.1 Å². The molecule has 116 valence electrons. The van der Waals surface area contributed by atoms with Crippen molar-refractivity contribution in [3.63, 3.8) is 0 Å². The number of hydrogen-bond acceptors (Lipinski definition) is 2. The average Bonchev–Trinajstić information content (AvgIpc) is 2.55. The molecule has 0 heterocycles. The van der Waals surface area contributed by atoms with E-state index in [-0.39, 0.29) is 18.3 Å². The molecule has 1 unspecified atom stereocenters. The van der Waals surface area contributed by atoms with E-state index in [0.717, 1.165) is 6.42 Å². The van der Waals surface area contributed by atoms with Crippen LogP contribution in [-0.2, 0) is 4.79 Å². The number of halogens is 1. The first kappa shape index (κ1) is 16.0. The number of benzene rings is 2. The fourth-order valence-electron chi connectivity index (χ4n) is 2.01. The molecular formula is C18H20FNO2. The van der Waals surface area contributed by atoms with Gasteiger partial charge in [0.1, 0.15) is 11.6 Å². The number of carbonyl (C=O) groups is 1. The molecule has 2 aromatic rings. The number of anilines is 1. The lowest BCUT2D eigenvalue weighted by molar-refractivity contribution is -0.118. The zero-order valence-electron chi connectivity index (χ0n) is 12.8. The Morgan fingerprint density at radius 3 is 2.36 bits per heavy atom. The summed E-state index contributed by atoms with van der Waals surface area (Å²) in [6.07, 6.45) is 1.08. The standard InChI is InChI=1S/C18H20FNO2/c1-3-13(2)14-4-10-17(11-5-14)22-12-18(21)20-16-8-6-15(19)7-9-16/h4-11,13H,3,12H2,1-2H3,(H,20,21). The van der Waals surface area contributed by atoms with Crippen molar-refractivity contribution in [3.8, 4) is 5.75 Å². The lowest BCUT2D eigenvalue weighted by atomic mass is 9.99. The van der Waals surface area contributed by atoms with E-state index in [1.807, 2.05) is 24.3 Å². The number of hydrogen-bond donors (Lipinski definition) is 1. The lowest BCUT2D eigenvalue weighted by Crippen LogP contribution is -2.20. The Morgan fingerprint density at radius 2 is 1.77 bits per heavy atom. The Hall–Kier alpha value is -2.36. The predicted octanol–water partition coefficient (Wildman–Crippen LogP) is 4.36. The summed E-state index contributed by atoms with van der Waals surface area (Å²) < 4.78 is 18.2. The normalized spacial score (nSPS) is 11.8. The molecule has 4 heteroatoms. The zero-order valence-corrected chi connectivity index (χ0v) is 12.8. The van der Waals surface area contributed by atoms with Crippen molar-refractivity contribution in [1.82, 2.24) is 0 Å². The number of nitrogens with one attached hydrogen (secondary N) is 1. The second kappa shape index (κ2) is 7.59. The molecule has 0 fully saturated rings. The molecule has 1 N–H and O–H groups in total. The molecule has 22 heavy (non-hydrogen) atoms. The van der Waals surface area contributed by atoms with E-state index in [9.17, 15) is 9.18 Å². The van der Waals surface area contributed by atoms with E-state index in [0.29, 0.717) is 17.4 Å². The van der Waals surface area contributed by atoms with Crippen LogP contribution in [0, 0.1) is 5.82 Å². The van der Waals surface area contributed by atoms with E-state index >= 15 is 0 Å². The van der Waals surface area contributed by atoms with Crippen molar-refractivity contribution in [2.24, 2.45) is 0 Å². The highest BCUT2D eigenvalue weighted by Gasteiger charge is 2.06. The highest BCUT2D eigenvalue weighted by molar-refractivity contribution is 5.91. The van der Waals surface area contributed by atoms with Gasteiger partial charge in [-0.3, -0.25) is 4.79 Å². The molecule has 0 aliphatic heterocycles. The summed E-state index contributed by atoms with van der Waals surface area (Å²) in [5.74, 6) is 0.547. The fourth-order valence-corrected chi connectivity index (χ4v) is 2.01. The monoisotopic (exact) mass is 301 g/mol. The average molecular weight is 301 g/mol. The van der Waals surface area contributed by atoms with Gasteiger partial charge >= 0.3 is 0 Å².